The van der Waals surface area contributed by atoms with Crippen LogP contribution in [0.3, 0.4) is 0 Å². The SMILES string of the molecule is CN(C)c1cc(-c2ccc3cc(CC(C#N)NC(=O)[C@@H]4CNCCCO4)sc3c2)ccc1OC=O. The van der Waals surface area contributed by atoms with Gasteiger partial charge in [-0.1, -0.05) is 18.2 Å². The number of nitriles is 1. The van der Waals surface area contributed by atoms with E-state index in [4.69, 9.17) is 9.47 Å². The van der Waals surface area contributed by atoms with Gasteiger partial charge >= 0.3 is 0 Å². The van der Waals surface area contributed by atoms with Crippen molar-refractivity contribution in [3.63, 3.8) is 0 Å². The first-order valence-corrected chi connectivity index (χ1v) is 12.3. The van der Waals surface area contributed by atoms with Crippen LogP contribution in [0.1, 0.15) is 11.3 Å². The lowest BCUT2D eigenvalue weighted by molar-refractivity contribution is -0.132. The number of carbonyl (C=O) groups excluding carboxylic acids is 2. The number of nitrogens with one attached hydrogen (secondary N) is 2. The Hall–Kier alpha value is -3.45. The van der Waals surface area contributed by atoms with Crippen LogP contribution in [0, 0.1) is 11.3 Å². The molecule has 1 amide bonds. The van der Waals surface area contributed by atoms with Crippen LogP contribution < -0.4 is 20.3 Å². The van der Waals surface area contributed by atoms with E-state index in [9.17, 15) is 14.9 Å². The minimum atomic E-state index is -0.630. The number of anilines is 1. The van der Waals surface area contributed by atoms with E-state index in [0.29, 0.717) is 31.8 Å². The predicted octanol–water partition coefficient (Wildman–Crippen LogP) is 3.10. The number of thiophene rings is 1. The van der Waals surface area contributed by atoms with Gasteiger partial charge in [-0.05, 0) is 53.7 Å². The topological polar surface area (TPSA) is 104 Å². The molecule has 1 unspecified atom stereocenters. The molecule has 0 bridgehead atoms. The molecule has 1 saturated heterocycles. The van der Waals surface area contributed by atoms with Crippen LogP contribution in [0.4, 0.5) is 5.69 Å². The molecule has 3 aromatic rings. The lowest BCUT2D eigenvalue weighted by Gasteiger charge is -2.17. The fourth-order valence-corrected chi connectivity index (χ4v) is 5.19. The minimum Gasteiger partial charge on any atom is -0.427 e. The Kier molecular flexibility index (Phi) is 7.98. The molecule has 2 aromatic carbocycles. The summed E-state index contributed by atoms with van der Waals surface area (Å²) < 4.78 is 11.8. The highest BCUT2D eigenvalue weighted by molar-refractivity contribution is 7.19. The monoisotopic (exact) mass is 492 g/mol. The van der Waals surface area contributed by atoms with Gasteiger partial charge in [0, 0.05) is 43.2 Å². The van der Waals surface area contributed by atoms with Gasteiger partial charge in [0.15, 0.2) is 5.75 Å². The molecule has 0 spiro atoms. The quantitative estimate of drug-likeness (QED) is 0.466. The number of hydrogen-bond acceptors (Lipinski definition) is 8. The number of hydrogen-bond donors (Lipinski definition) is 2. The number of ether oxygens (including phenoxy) is 2. The summed E-state index contributed by atoms with van der Waals surface area (Å²) in [5.41, 5.74) is 2.85. The highest BCUT2D eigenvalue weighted by atomic mass is 32.1. The van der Waals surface area contributed by atoms with Gasteiger partial charge in [0.1, 0.15) is 12.1 Å². The van der Waals surface area contributed by atoms with E-state index in [-0.39, 0.29) is 5.91 Å². The van der Waals surface area contributed by atoms with E-state index in [1.165, 1.54) is 0 Å². The van der Waals surface area contributed by atoms with Crippen molar-refractivity contribution in [2.75, 3.05) is 38.7 Å². The van der Waals surface area contributed by atoms with Crippen LogP contribution in [0.2, 0.25) is 0 Å². The first-order chi connectivity index (χ1) is 17.0. The molecule has 2 atom stereocenters. The second-order valence-corrected chi connectivity index (χ2v) is 9.74. The number of rotatable bonds is 8. The zero-order chi connectivity index (χ0) is 24.8. The lowest BCUT2D eigenvalue weighted by atomic mass is 10.0. The fourth-order valence-electron chi connectivity index (χ4n) is 4.04. The molecule has 2 heterocycles. The second-order valence-electron chi connectivity index (χ2n) is 8.57. The van der Waals surface area contributed by atoms with E-state index in [1.54, 1.807) is 17.4 Å². The first kappa shape index (κ1) is 24.7. The van der Waals surface area contributed by atoms with E-state index in [0.717, 1.165) is 44.7 Å². The molecule has 0 radical (unpaired) electrons. The van der Waals surface area contributed by atoms with Gasteiger partial charge in [-0.3, -0.25) is 9.59 Å². The summed E-state index contributed by atoms with van der Waals surface area (Å²) >= 11 is 1.61. The molecule has 1 aliphatic rings. The third-order valence-electron chi connectivity index (χ3n) is 5.84. The van der Waals surface area contributed by atoms with Gasteiger partial charge in [0.05, 0.1) is 11.8 Å². The molecular weight excluding hydrogens is 464 g/mol. The van der Waals surface area contributed by atoms with Crippen molar-refractivity contribution in [1.29, 1.82) is 5.26 Å². The summed E-state index contributed by atoms with van der Waals surface area (Å²) in [5, 5.41) is 16.7. The molecule has 35 heavy (non-hydrogen) atoms. The summed E-state index contributed by atoms with van der Waals surface area (Å²) in [4.78, 5) is 26.3. The molecule has 1 aromatic heterocycles. The van der Waals surface area contributed by atoms with E-state index < -0.39 is 12.1 Å². The zero-order valence-corrected chi connectivity index (χ0v) is 20.6. The van der Waals surface area contributed by atoms with Crippen LogP contribution >= 0.6 is 11.3 Å². The van der Waals surface area contributed by atoms with Gasteiger partial charge in [0.25, 0.3) is 12.4 Å². The Morgan fingerprint density at radius 1 is 1.31 bits per heavy atom. The number of amides is 1. The largest absolute Gasteiger partial charge is 0.427 e. The normalized spacial score (nSPS) is 16.7. The molecular formula is C26H28N4O4S. The van der Waals surface area contributed by atoms with Crippen molar-refractivity contribution in [2.45, 2.75) is 25.0 Å². The Morgan fingerprint density at radius 3 is 2.89 bits per heavy atom. The van der Waals surface area contributed by atoms with Crippen LogP contribution in [0.15, 0.2) is 42.5 Å². The smallest absolute Gasteiger partial charge is 0.298 e. The molecule has 2 N–H and O–H groups in total. The Bertz CT molecular complexity index is 1240. The van der Waals surface area contributed by atoms with Crippen molar-refractivity contribution in [3.8, 4) is 22.9 Å². The van der Waals surface area contributed by atoms with Crippen molar-refractivity contribution < 1.29 is 19.1 Å². The highest BCUT2D eigenvalue weighted by Gasteiger charge is 2.24. The molecule has 8 nitrogen and oxygen atoms in total. The van der Waals surface area contributed by atoms with Crippen LogP contribution in [0.5, 0.6) is 5.75 Å². The Morgan fingerprint density at radius 2 is 2.11 bits per heavy atom. The molecule has 9 heteroatoms. The lowest BCUT2D eigenvalue weighted by Crippen LogP contribution is -2.46. The van der Waals surface area contributed by atoms with Crippen LogP contribution in [-0.2, 0) is 20.7 Å². The molecule has 4 rings (SSSR count). The number of benzene rings is 2. The summed E-state index contributed by atoms with van der Waals surface area (Å²) in [6, 6.07) is 15.6. The zero-order valence-electron chi connectivity index (χ0n) is 19.7. The number of fused-ring (bicyclic) bond motifs is 1. The van der Waals surface area contributed by atoms with Crippen molar-refractivity contribution in [1.82, 2.24) is 10.6 Å². The second kappa shape index (κ2) is 11.3. The molecule has 0 aliphatic carbocycles. The number of carbonyl (C=O) groups is 2. The van der Waals surface area contributed by atoms with Gasteiger partial charge in [-0.2, -0.15) is 5.26 Å². The molecule has 1 aliphatic heterocycles. The van der Waals surface area contributed by atoms with E-state index in [2.05, 4.69) is 34.9 Å². The van der Waals surface area contributed by atoms with Gasteiger partial charge in [0.2, 0.25) is 0 Å². The Balaban J connectivity index is 1.50. The van der Waals surface area contributed by atoms with E-state index >= 15 is 0 Å². The first-order valence-electron chi connectivity index (χ1n) is 11.5. The van der Waals surface area contributed by atoms with Crippen molar-refractivity contribution >= 4 is 39.5 Å². The third-order valence-corrected chi connectivity index (χ3v) is 6.96. The fraction of sp³-hybridized carbons (Fsp3) is 0.346. The standard InChI is InChI=1S/C26H28N4O4S/c1-30(2)22-11-17(6-7-23(22)34-16-31)18-4-5-19-10-21(35-25(19)12-18)13-20(14-27)29-26(32)24-15-28-8-3-9-33-24/h4-7,10-12,16,20,24,28H,3,8-9,13,15H2,1-2H3,(H,29,32)/t20?,24-/m0/s1. The maximum atomic E-state index is 12.6. The summed E-state index contributed by atoms with van der Waals surface area (Å²) in [6.45, 7) is 2.23. The maximum Gasteiger partial charge on any atom is 0.298 e. The van der Waals surface area contributed by atoms with Crippen LogP contribution in [0.25, 0.3) is 21.2 Å². The van der Waals surface area contributed by atoms with Crippen molar-refractivity contribution in [3.05, 3.63) is 47.3 Å². The third kappa shape index (κ3) is 5.98. The highest BCUT2D eigenvalue weighted by Crippen LogP contribution is 2.35. The van der Waals surface area contributed by atoms with Crippen LogP contribution in [-0.4, -0.2) is 58.3 Å². The summed E-state index contributed by atoms with van der Waals surface area (Å²) in [5.74, 6) is 0.246. The van der Waals surface area contributed by atoms with Gasteiger partial charge in [-0.15, -0.1) is 11.3 Å². The average molecular weight is 493 g/mol. The number of nitrogens with zero attached hydrogens (tertiary/aromatic N) is 2. The average Bonchev–Trinajstić information content (AvgIpc) is 3.05. The maximum absolute atomic E-state index is 12.6. The summed E-state index contributed by atoms with van der Waals surface area (Å²) in [7, 11) is 3.79. The Labute approximate surface area is 208 Å². The predicted molar refractivity (Wildman–Crippen MR) is 137 cm³/mol. The molecule has 182 valence electrons. The van der Waals surface area contributed by atoms with Crippen molar-refractivity contribution in [2.24, 2.45) is 0 Å². The van der Waals surface area contributed by atoms with Gasteiger partial charge < -0.3 is 25.0 Å². The summed E-state index contributed by atoms with van der Waals surface area (Å²) in [6.07, 6.45) is 0.718. The van der Waals surface area contributed by atoms with E-state index in [1.807, 2.05) is 37.2 Å². The molecule has 0 saturated carbocycles. The molecule has 1 fully saturated rings. The van der Waals surface area contributed by atoms with Gasteiger partial charge in [-0.25, -0.2) is 0 Å². The minimum absolute atomic E-state index is 0.256.